The predicted molar refractivity (Wildman–Crippen MR) is 73.6 cm³/mol. The number of ether oxygens (including phenoxy) is 1. The third-order valence-electron chi connectivity index (χ3n) is 3.25. The Morgan fingerprint density at radius 2 is 2.00 bits per heavy atom. The standard InChI is InChI=1S/C14H23N3O3/c1-11(2)9-12(14(19)16-4-3-15)10-13(18)17-5-7-20-8-6-17/h11-12H,4-10H2,1-2H3,(H,16,19)/t12-/m1/s1. The summed E-state index contributed by atoms with van der Waals surface area (Å²) >= 11 is 0. The highest BCUT2D eigenvalue weighted by Crippen LogP contribution is 2.17. The van der Waals surface area contributed by atoms with Crippen LogP contribution in [0.25, 0.3) is 0 Å². The number of hydrogen-bond acceptors (Lipinski definition) is 4. The minimum atomic E-state index is -0.362. The number of hydrogen-bond donors (Lipinski definition) is 1. The lowest BCUT2D eigenvalue weighted by molar-refractivity contribution is -0.139. The third-order valence-corrected chi connectivity index (χ3v) is 3.25. The Hall–Kier alpha value is -1.61. The number of nitrogens with one attached hydrogen (secondary N) is 1. The molecule has 1 heterocycles. The van der Waals surface area contributed by atoms with Gasteiger partial charge in [-0.3, -0.25) is 9.59 Å². The highest BCUT2D eigenvalue weighted by atomic mass is 16.5. The SMILES string of the molecule is CC(C)C[C@H](CC(=O)N1CCOCC1)C(=O)NCC#N. The molecule has 1 saturated heterocycles. The van der Waals surface area contributed by atoms with Crippen LogP contribution in [0.5, 0.6) is 0 Å². The summed E-state index contributed by atoms with van der Waals surface area (Å²) < 4.78 is 5.21. The van der Waals surface area contributed by atoms with Crippen molar-refractivity contribution in [3.63, 3.8) is 0 Å². The minimum Gasteiger partial charge on any atom is -0.378 e. The second-order valence-electron chi connectivity index (χ2n) is 5.40. The number of carbonyl (C=O) groups is 2. The fourth-order valence-corrected chi connectivity index (χ4v) is 2.28. The summed E-state index contributed by atoms with van der Waals surface area (Å²) in [5.41, 5.74) is 0. The molecule has 0 aliphatic carbocycles. The zero-order valence-electron chi connectivity index (χ0n) is 12.2. The molecule has 20 heavy (non-hydrogen) atoms. The minimum absolute atomic E-state index is 0.00828. The average molecular weight is 281 g/mol. The summed E-state index contributed by atoms with van der Waals surface area (Å²) in [6.07, 6.45) is 0.850. The van der Waals surface area contributed by atoms with Gasteiger partial charge in [-0.05, 0) is 12.3 Å². The molecule has 0 spiro atoms. The van der Waals surface area contributed by atoms with Crippen molar-refractivity contribution in [2.45, 2.75) is 26.7 Å². The van der Waals surface area contributed by atoms with Gasteiger partial charge in [0.25, 0.3) is 0 Å². The molecule has 0 unspecified atom stereocenters. The Kier molecular flexibility index (Phi) is 7.02. The highest BCUT2D eigenvalue weighted by molar-refractivity contribution is 5.86. The maximum absolute atomic E-state index is 12.2. The van der Waals surface area contributed by atoms with Gasteiger partial charge in [0.2, 0.25) is 11.8 Å². The van der Waals surface area contributed by atoms with Crippen LogP contribution in [0.3, 0.4) is 0 Å². The van der Waals surface area contributed by atoms with Crippen molar-refractivity contribution >= 4 is 11.8 Å². The fourth-order valence-electron chi connectivity index (χ4n) is 2.28. The maximum Gasteiger partial charge on any atom is 0.224 e. The van der Waals surface area contributed by atoms with Crippen molar-refractivity contribution in [2.75, 3.05) is 32.8 Å². The number of carbonyl (C=O) groups excluding carboxylic acids is 2. The van der Waals surface area contributed by atoms with E-state index in [0.29, 0.717) is 38.6 Å². The first-order valence-electron chi connectivity index (χ1n) is 7.04. The lowest BCUT2D eigenvalue weighted by atomic mass is 9.92. The third kappa shape index (κ3) is 5.57. The van der Waals surface area contributed by atoms with Gasteiger partial charge in [-0.2, -0.15) is 5.26 Å². The molecule has 1 rings (SSSR count). The van der Waals surface area contributed by atoms with Crippen LogP contribution < -0.4 is 5.32 Å². The summed E-state index contributed by atoms with van der Waals surface area (Å²) in [6.45, 7) is 6.31. The zero-order valence-corrected chi connectivity index (χ0v) is 12.2. The quantitative estimate of drug-likeness (QED) is 0.720. The van der Waals surface area contributed by atoms with Gasteiger partial charge < -0.3 is 15.0 Å². The van der Waals surface area contributed by atoms with E-state index in [4.69, 9.17) is 10.00 Å². The molecule has 6 heteroatoms. The Labute approximate surface area is 120 Å². The summed E-state index contributed by atoms with van der Waals surface area (Å²) in [5.74, 6) is -0.253. The van der Waals surface area contributed by atoms with Gasteiger partial charge in [0.15, 0.2) is 0 Å². The monoisotopic (exact) mass is 281 g/mol. The topological polar surface area (TPSA) is 82.4 Å². The lowest BCUT2D eigenvalue weighted by Crippen LogP contribution is -2.43. The van der Waals surface area contributed by atoms with Gasteiger partial charge in [-0.25, -0.2) is 0 Å². The lowest BCUT2D eigenvalue weighted by Gasteiger charge is -2.28. The number of morpholine rings is 1. The molecule has 1 aliphatic heterocycles. The second kappa shape index (κ2) is 8.54. The molecule has 0 bridgehead atoms. The van der Waals surface area contributed by atoms with E-state index in [1.165, 1.54) is 0 Å². The zero-order chi connectivity index (χ0) is 15.0. The molecule has 0 saturated carbocycles. The van der Waals surface area contributed by atoms with Crippen molar-refractivity contribution in [1.82, 2.24) is 10.2 Å². The van der Waals surface area contributed by atoms with Gasteiger partial charge in [0.05, 0.1) is 19.3 Å². The summed E-state index contributed by atoms with van der Waals surface area (Å²) in [6, 6.07) is 1.88. The van der Waals surface area contributed by atoms with E-state index in [1.807, 2.05) is 19.9 Å². The molecule has 2 amide bonds. The number of nitriles is 1. The van der Waals surface area contributed by atoms with Crippen LogP contribution in [0.4, 0.5) is 0 Å². The van der Waals surface area contributed by atoms with E-state index in [0.717, 1.165) is 0 Å². The number of rotatable bonds is 6. The van der Waals surface area contributed by atoms with Gasteiger partial charge in [-0.15, -0.1) is 0 Å². The Morgan fingerprint density at radius 1 is 1.35 bits per heavy atom. The molecule has 1 aliphatic rings. The smallest absolute Gasteiger partial charge is 0.224 e. The maximum atomic E-state index is 12.2. The first kappa shape index (κ1) is 16.4. The Balaban J connectivity index is 2.56. The van der Waals surface area contributed by atoms with Crippen LogP contribution >= 0.6 is 0 Å². The first-order chi connectivity index (χ1) is 9.54. The van der Waals surface area contributed by atoms with Crippen molar-refractivity contribution in [2.24, 2.45) is 11.8 Å². The van der Waals surface area contributed by atoms with Crippen LogP contribution in [0, 0.1) is 23.2 Å². The number of nitrogens with zero attached hydrogens (tertiary/aromatic N) is 2. The van der Waals surface area contributed by atoms with E-state index in [-0.39, 0.29) is 30.7 Å². The first-order valence-corrected chi connectivity index (χ1v) is 7.04. The van der Waals surface area contributed by atoms with E-state index < -0.39 is 0 Å². The summed E-state index contributed by atoms with van der Waals surface area (Å²) in [7, 11) is 0. The molecule has 1 N–H and O–H groups in total. The van der Waals surface area contributed by atoms with Gasteiger partial charge >= 0.3 is 0 Å². The molecular weight excluding hydrogens is 258 g/mol. The van der Waals surface area contributed by atoms with E-state index >= 15 is 0 Å². The summed E-state index contributed by atoms with van der Waals surface area (Å²) in [4.78, 5) is 25.9. The van der Waals surface area contributed by atoms with Crippen molar-refractivity contribution < 1.29 is 14.3 Å². The molecule has 0 aromatic rings. The van der Waals surface area contributed by atoms with Gasteiger partial charge in [0, 0.05) is 25.4 Å². The van der Waals surface area contributed by atoms with Crippen LogP contribution in [-0.4, -0.2) is 49.6 Å². The molecule has 6 nitrogen and oxygen atoms in total. The fraction of sp³-hybridized carbons (Fsp3) is 0.786. The van der Waals surface area contributed by atoms with Crippen LogP contribution in [0.2, 0.25) is 0 Å². The van der Waals surface area contributed by atoms with E-state index in [9.17, 15) is 9.59 Å². The van der Waals surface area contributed by atoms with Crippen molar-refractivity contribution in [3.05, 3.63) is 0 Å². The molecule has 112 valence electrons. The van der Waals surface area contributed by atoms with Crippen LogP contribution in [-0.2, 0) is 14.3 Å². The highest BCUT2D eigenvalue weighted by Gasteiger charge is 2.26. The molecule has 1 fully saturated rings. The molecule has 0 aromatic heterocycles. The van der Waals surface area contributed by atoms with Crippen molar-refractivity contribution in [3.8, 4) is 6.07 Å². The normalized spacial score (nSPS) is 16.6. The Bertz CT molecular complexity index is 370. The van der Waals surface area contributed by atoms with Crippen molar-refractivity contribution in [1.29, 1.82) is 5.26 Å². The Morgan fingerprint density at radius 3 is 2.55 bits per heavy atom. The molecular formula is C14H23N3O3. The molecule has 1 atom stereocenters. The van der Waals surface area contributed by atoms with Gasteiger partial charge in [0.1, 0.15) is 6.54 Å². The van der Waals surface area contributed by atoms with Gasteiger partial charge in [-0.1, -0.05) is 13.8 Å². The molecule has 0 aromatic carbocycles. The second-order valence-corrected chi connectivity index (χ2v) is 5.40. The number of amides is 2. The largest absolute Gasteiger partial charge is 0.378 e. The van der Waals surface area contributed by atoms with E-state index in [2.05, 4.69) is 5.32 Å². The predicted octanol–water partition coefficient (Wildman–Crippen LogP) is 0.537. The molecule has 0 radical (unpaired) electrons. The average Bonchev–Trinajstić information content (AvgIpc) is 2.44. The van der Waals surface area contributed by atoms with E-state index in [1.54, 1.807) is 4.90 Å². The van der Waals surface area contributed by atoms with Crippen LogP contribution in [0.15, 0.2) is 0 Å². The van der Waals surface area contributed by atoms with Crippen LogP contribution in [0.1, 0.15) is 26.7 Å². The summed E-state index contributed by atoms with van der Waals surface area (Å²) in [5, 5.41) is 11.1.